The number of aryl methyl sites for hydroxylation is 1. The predicted molar refractivity (Wildman–Crippen MR) is 90.9 cm³/mol. The largest absolute Gasteiger partial charge is 0.357 e. The van der Waals surface area contributed by atoms with Gasteiger partial charge in [-0.15, -0.1) is 0 Å². The number of halogens is 2. The van der Waals surface area contributed by atoms with Crippen LogP contribution >= 0.6 is 0 Å². The van der Waals surface area contributed by atoms with Crippen LogP contribution in [0, 0.1) is 18.6 Å². The fourth-order valence-corrected chi connectivity index (χ4v) is 2.31. The molecular weight excluding hydrogens is 312 g/mol. The molecule has 130 valence electrons. The van der Waals surface area contributed by atoms with Crippen LogP contribution in [0.1, 0.15) is 31.0 Å². The topological polar surface area (TPSA) is 54.2 Å². The highest BCUT2D eigenvalue weighted by atomic mass is 19.1. The normalized spacial score (nSPS) is 13.0. The summed E-state index contributed by atoms with van der Waals surface area (Å²) in [5.74, 6) is -0.575. The van der Waals surface area contributed by atoms with Crippen molar-refractivity contribution in [2.24, 2.45) is 4.99 Å². The molecule has 0 spiro atoms. The van der Waals surface area contributed by atoms with Crippen molar-refractivity contribution < 1.29 is 8.78 Å². The summed E-state index contributed by atoms with van der Waals surface area (Å²) in [6.07, 6.45) is 3.75. The number of nitrogens with one attached hydrogen (secondary N) is 2. The maximum Gasteiger partial charge on any atom is 0.191 e. The molecule has 7 heteroatoms. The zero-order valence-corrected chi connectivity index (χ0v) is 14.2. The third-order valence-corrected chi connectivity index (χ3v) is 3.49. The highest BCUT2D eigenvalue weighted by molar-refractivity contribution is 5.80. The first-order valence-corrected chi connectivity index (χ1v) is 7.98. The van der Waals surface area contributed by atoms with Crippen molar-refractivity contribution in [1.29, 1.82) is 0 Å². The summed E-state index contributed by atoms with van der Waals surface area (Å²) in [5.41, 5.74) is 1.49. The summed E-state index contributed by atoms with van der Waals surface area (Å²) >= 11 is 0. The van der Waals surface area contributed by atoms with E-state index in [9.17, 15) is 8.78 Å². The van der Waals surface area contributed by atoms with Crippen LogP contribution in [0.3, 0.4) is 0 Å². The van der Waals surface area contributed by atoms with Crippen LogP contribution in [-0.4, -0.2) is 28.8 Å². The van der Waals surface area contributed by atoms with E-state index in [0.717, 1.165) is 11.6 Å². The molecule has 0 radical (unpaired) electrons. The Morgan fingerprint density at radius 3 is 2.79 bits per heavy atom. The van der Waals surface area contributed by atoms with Crippen LogP contribution in [0.5, 0.6) is 0 Å². The highest BCUT2D eigenvalue weighted by Crippen LogP contribution is 2.17. The van der Waals surface area contributed by atoms with E-state index in [1.54, 1.807) is 13.1 Å². The molecule has 0 bridgehead atoms. The Hall–Kier alpha value is -2.44. The average Bonchev–Trinajstić information content (AvgIpc) is 2.92. The molecular formula is C17H23F2N5. The van der Waals surface area contributed by atoms with Gasteiger partial charge in [-0.05, 0) is 32.4 Å². The van der Waals surface area contributed by atoms with Gasteiger partial charge in [0.15, 0.2) is 5.96 Å². The van der Waals surface area contributed by atoms with Gasteiger partial charge in [0.05, 0.1) is 25.3 Å². The van der Waals surface area contributed by atoms with Gasteiger partial charge in [0.25, 0.3) is 0 Å². The molecule has 1 aromatic carbocycles. The molecule has 1 heterocycles. The predicted octanol–water partition coefficient (Wildman–Crippen LogP) is 2.79. The second-order valence-corrected chi connectivity index (χ2v) is 5.57. The molecule has 2 N–H and O–H groups in total. The van der Waals surface area contributed by atoms with Gasteiger partial charge in [-0.2, -0.15) is 5.10 Å². The van der Waals surface area contributed by atoms with Crippen LogP contribution in [0.2, 0.25) is 0 Å². The van der Waals surface area contributed by atoms with E-state index < -0.39 is 11.6 Å². The molecule has 0 saturated heterocycles. The monoisotopic (exact) mass is 335 g/mol. The standard InChI is InChI=1S/C17H23F2N5/c1-4-20-17(21-7-8-24-11-12(2)10-22-24)23-13(3)15-6-5-14(18)9-16(15)19/h5-6,9-11,13H,4,7-8H2,1-3H3,(H2,20,21,23). The molecule has 5 nitrogen and oxygen atoms in total. The molecule has 1 unspecified atom stereocenters. The van der Waals surface area contributed by atoms with Crippen molar-refractivity contribution >= 4 is 5.96 Å². The van der Waals surface area contributed by atoms with Crippen molar-refractivity contribution in [3.05, 3.63) is 53.4 Å². The summed E-state index contributed by atoms with van der Waals surface area (Å²) in [6.45, 7) is 7.62. The Balaban J connectivity index is 1.99. The van der Waals surface area contributed by atoms with Crippen molar-refractivity contribution in [2.45, 2.75) is 33.4 Å². The van der Waals surface area contributed by atoms with Crippen LogP contribution in [0.25, 0.3) is 0 Å². The maximum absolute atomic E-state index is 13.9. The zero-order chi connectivity index (χ0) is 17.5. The van der Waals surface area contributed by atoms with Gasteiger partial charge < -0.3 is 10.6 Å². The first-order chi connectivity index (χ1) is 11.5. The zero-order valence-electron chi connectivity index (χ0n) is 14.2. The molecule has 1 atom stereocenters. The number of rotatable bonds is 6. The third-order valence-electron chi connectivity index (χ3n) is 3.49. The quantitative estimate of drug-likeness (QED) is 0.630. The van der Waals surface area contributed by atoms with Gasteiger partial charge in [0.1, 0.15) is 11.6 Å². The Morgan fingerprint density at radius 1 is 1.38 bits per heavy atom. The molecule has 0 aliphatic carbocycles. The van der Waals surface area contributed by atoms with Crippen molar-refractivity contribution in [1.82, 2.24) is 20.4 Å². The summed E-state index contributed by atoms with van der Waals surface area (Å²) < 4.78 is 28.7. The summed E-state index contributed by atoms with van der Waals surface area (Å²) in [4.78, 5) is 4.47. The lowest BCUT2D eigenvalue weighted by Crippen LogP contribution is -2.39. The Kier molecular flexibility index (Phi) is 6.28. The SMILES string of the molecule is CCNC(=NCCn1cc(C)cn1)NC(C)c1ccc(F)cc1F. The van der Waals surface area contributed by atoms with E-state index in [-0.39, 0.29) is 6.04 Å². The molecule has 0 aliphatic heterocycles. The van der Waals surface area contributed by atoms with E-state index in [2.05, 4.69) is 20.7 Å². The van der Waals surface area contributed by atoms with E-state index >= 15 is 0 Å². The van der Waals surface area contributed by atoms with Crippen LogP contribution < -0.4 is 10.6 Å². The minimum absolute atomic E-state index is 0.338. The molecule has 2 aromatic rings. The highest BCUT2D eigenvalue weighted by Gasteiger charge is 2.13. The van der Waals surface area contributed by atoms with E-state index in [4.69, 9.17) is 0 Å². The summed E-state index contributed by atoms with van der Waals surface area (Å²) in [6, 6.07) is 3.24. The Morgan fingerprint density at radius 2 is 2.17 bits per heavy atom. The van der Waals surface area contributed by atoms with Crippen LogP contribution in [-0.2, 0) is 6.54 Å². The summed E-state index contributed by atoms with van der Waals surface area (Å²) in [5, 5.41) is 10.5. The summed E-state index contributed by atoms with van der Waals surface area (Å²) in [7, 11) is 0. The van der Waals surface area contributed by atoms with Crippen molar-refractivity contribution in [2.75, 3.05) is 13.1 Å². The first-order valence-electron chi connectivity index (χ1n) is 7.98. The van der Waals surface area contributed by atoms with E-state index in [1.807, 2.05) is 24.7 Å². The second-order valence-electron chi connectivity index (χ2n) is 5.57. The maximum atomic E-state index is 13.9. The molecule has 0 aliphatic rings. The van der Waals surface area contributed by atoms with Crippen LogP contribution in [0.4, 0.5) is 8.78 Å². The van der Waals surface area contributed by atoms with Gasteiger partial charge in [0.2, 0.25) is 0 Å². The average molecular weight is 335 g/mol. The molecule has 24 heavy (non-hydrogen) atoms. The molecule has 2 rings (SSSR count). The molecule has 0 amide bonds. The Bertz CT molecular complexity index is 696. The second kappa shape index (κ2) is 8.42. The number of aliphatic imine (C=N–C) groups is 1. The first kappa shape index (κ1) is 17.9. The minimum Gasteiger partial charge on any atom is -0.357 e. The van der Waals surface area contributed by atoms with Crippen molar-refractivity contribution in [3.8, 4) is 0 Å². The van der Waals surface area contributed by atoms with Gasteiger partial charge in [-0.3, -0.25) is 9.67 Å². The van der Waals surface area contributed by atoms with Gasteiger partial charge in [0, 0.05) is 24.4 Å². The van der Waals surface area contributed by atoms with Crippen LogP contribution in [0.15, 0.2) is 35.6 Å². The molecule has 0 fully saturated rings. The van der Waals surface area contributed by atoms with Crippen molar-refractivity contribution in [3.63, 3.8) is 0 Å². The lowest BCUT2D eigenvalue weighted by molar-refractivity contribution is 0.550. The van der Waals surface area contributed by atoms with Gasteiger partial charge in [-0.25, -0.2) is 8.78 Å². The minimum atomic E-state index is -0.585. The number of nitrogens with zero attached hydrogens (tertiary/aromatic N) is 3. The fourth-order valence-electron chi connectivity index (χ4n) is 2.31. The van der Waals surface area contributed by atoms with E-state index in [1.165, 1.54) is 12.1 Å². The lowest BCUT2D eigenvalue weighted by Gasteiger charge is -2.18. The number of guanidine groups is 1. The Labute approximate surface area is 140 Å². The molecule has 1 aromatic heterocycles. The van der Waals surface area contributed by atoms with Gasteiger partial charge in [-0.1, -0.05) is 6.07 Å². The third kappa shape index (κ3) is 5.04. The number of aromatic nitrogens is 2. The van der Waals surface area contributed by atoms with E-state index in [0.29, 0.717) is 31.2 Å². The van der Waals surface area contributed by atoms with Gasteiger partial charge >= 0.3 is 0 Å². The number of hydrogen-bond acceptors (Lipinski definition) is 2. The molecule has 0 saturated carbocycles. The lowest BCUT2D eigenvalue weighted by atomic mass is 10.1. The fraction of sp³-hybridized carbons (Fsp3) is 0.412. The number of hydrogen-bond donors (Lipinski definition) is 2. The number of benzene rings is 1. The smallest absolute Gasteiger partial charge is 0.191 e.